The highest BCUT2D eigenvalue weighted by Gasteiger charge is 2.12. The molecular formula is C15H19N3O2S. The van der Waals surface area contributed by atoms with E-state index in [9.17, 15) is 4.79 Å². The fourth-order valence-electron chi connectivity index (χ4n) is 1.77. The van der Waals surface area contributed by atoms with Crippen LogP contribution in [0.3, 0.4) is 0 Å². The average molecular weight is 305 g/mol. The lowest BCUT2D eigenvalue weighted by Gasteiger charge is -2.17. The van der Waals surface area contributed by atoms with Gasteiger partial charge in [-0.1, -0.05) is 18.2 Å². The van der Waals surface area contributed by atoms with Crippen LogP contribution in [0.15, 0.2) is 41.9 Å². The average Bonchev–Trinajstić information content (AvgIpc) is 3.00. The molecule has 2 amide bonds. The van der Waals surface area contributed by atoms with Gasteiger partial charge in [0.05, 0.1) is 12.6 Å². The summed E-state index contributed by atoms with van der Waals surface area (Å²) in [5.41, 5.74) is 0. The van der Waals surface area contributed by atoms with Gasteiger partial charge < -0.3 is 15.4 Å². The number of amides is 2. The number of ether oxygens (including phenoxy) is 1. The summed E-state index contributed by atoms with van der Waals surface area (Å²) in [7, 11) is 0. The molecule has 0 saturated carbocycles. The van der Waals surface area contributed by atoms with Crippen molar-refractivity contribution >= 4 is 17.4 Å². The summed E-state index contributed by atoms with van der Waals surface area (Å²) in [5.74, 6) is 0.795. The van der Waals surface area contributed by atoms with Gasteiger partial charge in [-0.25, -0.2) is 9.78 Å². The summed E-state index contributed by atoms with van der Waals surface area (Å²) in [6, 6.07) is 9.22. The predicted octanol–water partition coefficient (Wildman–Crippen LogP) is 2.97. The molecule has 2 rings (SSSR count). The molecule has 0 saturated heterocycles. The van der Waals surface area contributed by atoms with E-state index in [0.717, 1.165) is 10.8 Å². The minimum Gasteiger partial charge on any atom is -0.489 e. The first-order chi connectivity index (χ1) is 10.1. The number of para-hydroxylation sites is 1. The first-order valence-corrected chi connectivity index (χ1v) is 7.68. The van der Waals surface area contributed by atoms with E-state index >= 15 is 0 Å². The van der Waals surface area contributed by atoms with Crippen LogP contribution in [0, 0.1) is 0 Å². The molecule has 0 aliphatic carbocycles. The largest absolute Gasteiger partial charge is 0.489 e. The smallest absolute Gasteiger partial charge is 0.315 e. The second-order valence-corrected chi connectivity index (χ2v) is 5.61. The molecule has 1 aromatic heterocycles. The van der Waals surface area contributed by atoms with Gasteiger partial charge in [0, 0.05) is 11.6 Å². The summed E-state index contributed by atoms with van der Waals surface area (Å²) in [6.07, 6.45) is 1.62. The molecule has 1 heterocycles. The molecule has 0 unspecified atom stereocenters. The van der Waals surface area contributed by atoms with Crippen LogP contribution < -0.4 is 15.4 Å². The van der Waals surface area contributed by atoms with Crippen molar-refractivity contribution in [2.24, 2.45) is 0 Å². The number of nitrogens with zero attached hydrogens (tertiary/aromatic N) is 1. The number of carbonyl (C=O) groups excluding carboxylic acids is 1. The Bertz CT molecular complexity index is 545. The molecule has 2 aromatic rings. The van der Waals surface area contributed by atoms with E-state index in [-0.39, 0.29) is 18.2 Å². The number of nitrogens with one attached hydrogen (secondary N) is 2. The fourth-order valence-corrected chi connectivity index (χ4v) is 2.41. The van der Waals surface area contributed by atoms with Crippen molar-refractivity contribution in [2.75, 3.05) is 6.54 Å². The van der Waals surface area contributed by atoms with Crippen LogP contribution in [0.25, 0.3) is 0 Å². The molecule has 21 heavy (non-hydrogen) atoms. The van der Waals surface area contributed by atoms with Crippen molar-refractivity contribution in [3.05, 3.63) is 46.9 Å². The molecule has 2 N–H and O–H groups in total. The zero-order chi connectivity index (χ0) is 15.1. The Morgan fingerprint density at radius 1 is 1.33 bits per heavy atom. The van der Waals surface area contributed by atoms with Crippen LogP contribution in [0.4, 0.5) is 4.79 Å². The number of carbonyl (C=O) groups is 1. The number of benzene rings is 1. The quantitative estimate of drug-likeness (QED) is 0.862. The van der Waals surface area contributed by atoms with Gasteiger partial charge in [-0.05, 0) is 26.0 Å². The van der Waals surface area contributed by atoms with E-state index in [2.05, 4.69) is 15.6 Å². The van der Waals surface area contributed by atoms with E-state index in [1.54, 1.807) is 6.20 Å². The Labute approximate surface area is 128 Å². The van der Waals surface area contributed by atoms with Gasteiger partial charge in [-0.3, -0.25) is 0 Å². The lowest BCUT2D eigenvalue weighted by Crippen LogP contribution is -2.41. The summed E-state index contributed by atoms with van der Waals surface area (Å²) < 4.78 is 5.69. The maximum atomic E-state index is 11.8. The molecule has 6 heteroatoms. The Morgan fingerprint density at radius 2 is 2.10 bits per heavy atom. The predicted molar refractivity (Wildman–Crippen MR) is 83.6 cm³/mol. The summed E-state index contributed by atoms with van der Waals surface area (Å²) in [6.45, 7) is 4.26. The highest BCUT2D eigenvalue weighted by molar-refractivity contribution is 7.09. The maximum Gasteiger partial charge on any atom is 0.315 e. The van der Waals surface area contributed by atoms with Crippen LogP contribution in [0.2, 0.25) is 0 Å². The SMILES string of the molecule is C[C@H](CNC(=O)N[C@H](C)c1nccs1)Oc1ccccc1. The highest BCUT2D eigenvalue weighted by atomic mass is 32.1. The van der Waals surface area contributed by atoms with Gasteiger partial charge in [-0.15, -0.1) is 11.3 Å². The number of aromatic nitrogens is 1. The van der Waals surface area contributed by atoms with Gasteiger partial charge in [0.1, 0.15) is 16.9 Å². The molecule has 0 aliphatic heterocycles. The third-order valence-corrected chi connectivity index (χ3v) is 3.76. The van der Waals surface area contributed by atoms with Gasteiger partial charge in [0.25, 0.3) is 0 Å². The first-order valence-electron chi connectivity index (χ1n) is 6.80. The molecule has 5 nitrogen and oxygen atoms in total. The second-order valence-electron chi connectivity index (χ2n) is 4.69. The van der Waals surface area contributed by atoms with Crippen molar-refractivity contribution in [3.63, 3.8) is 0 Å². The summed E-state index contributed by atoms with van der Waals surface area (Å²) in [4.78, 5) is 16.0. The topological polar surface area (TPSA) is 63.2 Å². The lowest BCUT2D eigenvalue weighted by atomic mass is 10.3. The van der Waals surface area contributed by atoms with Crippen molar-refractivity contribution < 1.29 is 9.53 Å². The molecule has 0 fully saturated rings. The van der Waals surface area contributed by atoms with Crippen LogP contribution >= 0.6 is 11.3 Å². The molecule has 2 atom stereocenters. The van der Waals surface area contributed by atoms with E-state index in [0.29, 0.717) is 6.54 Å². The minimum atomic E-state index is -0.221. The summed E-state index contributed by atoms with van der Waals surface area (Å²) in [5, 5.41) is 8.42. The Kier molecular flexibility index (Phi) is 5.57. The van der Waals surface area contributed by atoms with Crippen molar-refractivity contribution in [3.8, 4) is 5.75 Å². The van der Waals surface area contributed by atoms with E-state index in [4.69, 9.17) is 4.74 Å². The number of hydrogen-bond acceptors (Lipinski definition) is 4. The lowest BCUT2D eigenvalue weighted by molar-refractivity contribution is 0.206. The van der Waals surface area contributed by atoms with Crippen LogP contribution in [0.5, 0.6) is 5.75 Å². The Morgan fingerprint density at radius 3 is 2.76 bits per heavy atom. The standard InChI is InChI=1S/C15H19N3O2S/c1-11(20-13-6-4-3-5-7-13)10-17-15(19)18-12(2)14-16-8-9-21-14/h3-9,11-12H,10H2,1-2H3,(H2,17,18,19)/t11-,12-/m1/s1. The number of urea groups is 1. The van der Waals surface area contributed by atoms with Gasteiger partial charge in [0.15, 0.2) is 0 Å². The summed E-state index contributed by atoms with van der Waals surface area (Å²) >= 11 is 1.52. The fraction of sp³-hybridized carbons (Fsp3) is 0.333. The molecule has 0 aliphatic rings. The molecular weight excluding hydrogens is 286 g/mol. The van der Waals surface area contributed by atoms with E-state index in [1.807, 2.05) is 49.6 Å². The third-order valence-electron chi connectivity index (χ3n) is 2.80. The Hall–Kier alpha value is -2.08. The molecule has 0 bridgehead atoms. The van der Waals surface area contributed by atoms with Crippen LogP contribution in [-0.4, -0.2) is 23.7 Å². The zero-order valence-electron chi connectivity index (χ0n) is 12.1. The third kappa shape index (κ3) is 5.07. The molecule has 1 aromatic carbocycles. The normalized spacial score (nSPS) is 13.2. The van der Waals surface area contributed by atoms with Crippen molar-refractivity contribution in [1.29, 1.82) is 0 Å². The Balaban J connectivity index is 1.71. The molecule has 0 radical (unpaired) electrons. The molecule has 0 spiro atoms. The zero-order valence-corrected chi connectivity index (χ0v) is 12.9. The minimum absolute atomic E-state index is 0.102. The number of rotatable bonds is 6. The molecule has 112 valence electrons. The van der Waals surface area contributed by atoms with Crippen LogP contribution in [0.1, 0.15) is 24.9 Å². The van der Waals surface area contributed by atoms with E-state index in [1.165, 1.54) is 11.3 Å². The highest BCUT2D eigenvalue weighted by Crippen LogP contribution is 2.14. The van der Waals surface area contributed by atoms with Gasteiger partial charge >= 0.3 is 6.03 Å². The first kappa shape index (κ1) is 15.3. The second kappa shape index (κ2) is 7.64. The maximum absolute atomic E-state index is 11.8. The number of hydrogen-bond donors (Lipinski definition) is 2. The van der Waals surface area contributed by atoms with Gasteiger partial charge in [-0.2, -0.15) is 0 Å². The monoisotopic (exact) mass is 305 g/mol. The number of thiazole rings is 1. The van der Waals surface area contributed by atoms with Crippen LogP contribution in [-0.2, 0) is 0 Å². The van der Waals surface area contributed by atoms with Crippen molar-refractivity contribution in [1.82, 2.24) is 15.6 Å². The van der Waals surface area contributed by atoms with Crippen molar-refractivity contribution in [2.45, 2.75) is 26.0 Å². The van der Waals surface area contributed by atoms with E-state index < -0.39 is 0 Å². The van der Waals surface area contributed by atoms with Gasteiger partial charge in [0.2, 0.25) is 0 Å².